The van der Waals surface area contributed by atoms with Gasteiger partial charge in [-0.2, -0.15) is 0 Å². The zero-order valence-electron chi connectivity index (χ0n) is 11.6. The molecule has 15 heavy (non-hydrogen) atoms. The summed E-state index contributed by atoms with van der Waals surface area (Å²) in [5.74, 6) is 0. The molecule has 0 spiro atoms. The molecule has 0 bridgehead atoms. The van der Waals surface area contributed by atoms with Gasteiger partial charge in [-0.15, -0.1) is 0 Å². The van der Waals surface area contributed by atoms with Crippen LogP contribution in [0.25, 0.3) is 0 Å². The van der Waals surface area contributed by atoms with E-state index in [9.17, 15) is 0 Å². The van der Waals surface area contributed by atoms with Gasteiger partial charge in [0, 0.05) is 0 Å². The average Bonchev–Trinajstić information content (AvgIpc) is 2.22. The Morgan fingerprint density at radius 3 is 2.00 bits per heavy atom. The Balaban J connectivity index is 3.69. The molecule has 0 heterocycles. The van der Waals surface area contributed by atoms with Crippen LogP contribution in [-0.4, -0.2) is 41.3 Å². The van der Waals surface area contributed by atoms with E-state index in [1.54, 1.807) is 14.9 Å². The van der Waals surface area contributed by atoms with Crippen LogP contribution in [-0.2, 0) is 0 Å². The summed E-state index contributed by atoms with van der Waals surface area (Å²) in [6.45, 7) is 7.11. The molecule has 0 aromatic heterocycles. The summed E-state index contributed by atoms with van der Waals surface area (Å²) in [7, 11) is 4.47. The second-order valence-electron chi connectivity index (χ2n) is 5.02. The summed E-state index contributed by atoms with van der Waals surface area (Å²) in [5, 5.41) is 0. The number of rotatable bonds is 9. The Hall–Kier alpha value is 0.596. The summed E-state index contributed by atoms with van der Waals surface area (Å²) < 4.78 is 0. The molecule has 1 nitrogen and oxygen atoms in total. The third kappa shape index (κ3) is 7.48. The van der Waals surface area contributed by atoms with Crippen molar-refractivity contribution in [3.63, 3.8) is 0 Å². The number of hydrogen-bond donors (Lipinski definition) is 0. The Kier molecular flexibility index (Phi) is 10.2. The van der Waals surface area contributed by atoms with Crippen molar-refractivity contribution >= 4 is 16.2 Å². The van der Waals surface area contributed by atoms with Gasteiger partial charge in [0.25, 0.3) is 0 Å². The van der Waals surface area contributed by atoms with E-state index >= 15 is 0 Å². The van der Waals surface area contributed by atoms with Crippen molar-refractivity contribution in [3.05, 3.63) is 0 Å². The van der Waals surface area contributed by atoms with E-state index in [0.29, 0.717) is 0 Å². The molecule has 0 N–H and O–H groups in total. The van der Waals surface area contributed by atoms with Gasteiger partial charge >= 0.3 is 103 Å². The van der Waals surface area contributed by atoms with Gasteiger partial charge in [-0.1, -0.05) is 0 Å². The summed E-state index contributed by atoms with van der Waals surface area (Å²) in [5.41, 5.74) is 0. The maximum atomic E-state index is 2.42. The Morgan fingerprint density at radius 2 is 1.60 bits per heavy atom. The average molecular weight is 270 g/mol. The van der Waals surface area contributed by atoms with Crippen LogP contribution in [0.3, 0.4) is 0 Å². The molecular weight excluding hydrogens is 240 g/mol. The van der Waals surface area contributed by atoms with Crippen molar-refractivity contribution < 1.29 is 0 Å². The molecule has 0 aliphatic carbocycles. The minimum atomic E-state index is -0.772. The fourth-order valence-electron chi connectivity index (χ4n) is 2.33. The molecule has 0 aromatic carbocycles. The van der Waals surface area contributed by atoms with Crippen molar-refractivity contribution in [2.75, 3.05) is 14.1 Å². The van der Waals surface area contributed by atoms with E-state index in [1.165, 1.54) is 25.7 Å². The van der Waals surface area contributed by atoms with Crippen molar-refractivity contribution in [2.45, 2.75) is 67.4 Å². The van der Waals surface area contributed by atoms with Gasteiger partial charge in [0.2, 0.25) is 0 Å². The molecule has 0 aliphatic rings. The number of hydrogen-bond acceptors (Lipinski definition) is 1. The van der Waals surface area contributed by atoms with Crippen molar-refractivity contribution in [1.82, 2.24) is 4.90 Å². The summed E-state index contributed by atoms with van der Waals surface area (Å²) >= 11 is -0.772. The third-order valence-corrected chi connectivity index (χ3v) is 11.1. The summed E-state index contributed by atoms with van der Waals surface area (Å²) in [6, 6.07) is 0.840. The minimum absolute atomic E-state index is 0.772. The van der Waals surface area contributed by atoms with Crippen LogP contribution in [0, 0.1) is 0 Å². The van der Waals surface area contributed by atoms with Crippen LogP contribution >= 0.6 is 0 Å². The monoisotopic (exact) mass is 269 g/mol. The van der Waals surface area contributed by atoms with Crippen LogP contribution in [0.4, 0.5) is 0 Å². The van der Waals surface area contributed by atoms with E-state index in [4.69, 9.17) is 0 Å². The molecule has 0 saturated carbocycles. The first-order valence-electron chi connectivity index (χ1n) is 6.82. The van der Waals surface area contributed by atoms with Crippen LogP contribution in [0.15, 0.2) is 0 Å². The molecular formula is C13H30GaN. The van der Waals surface area contributed by atoms with Gasteiger partial charge < -0.3 is 0 Å². The van der Waals surface area contributed by atoms with E-state index in [1.807, 2.05) is 0 Å². The molecule has 0 aliphatic heterocycles. The van der Waals surface area contributed by atoms with E-state index < -0.39 is 16.2 Å². The quantitative estimate of drug-likeness (QED) is 0.572. The zero-order chi connectivity index (χ0) is 11.7. The fourth-order valence-corrected chi connectivity index (χ4v) is 6.96. The van der Waals surface area contributed by atoms with Gasteiger partial charge in [0.05, 0.1) is 0 Å². The van der Waals surface area contributed by atoms with Crippen LogP contribution in [0.1, 0.15) is 46.5 Å². The molecule has 1 unspecified atom stereocenters. The summed E-state index contributed by atoms with van der Waals surface area (Å²) in [6.07, 6.45) is 5.63. The molecule has 0 amide bonds. The molecule has 0 rings (SSSR count). The van der Waals surface area contributed by atoms with E-state index in [0.717, 1.165) is 6.04 Å². The van der Waals surface area contributed by atoms with Gasteiger partial charge in [-0.3, -0.25) is 0 Å². The van der Waals surface area contributed by atoms with Crippen molar-refractivity contribution in [3.8, 4) is 0 Å². The molecule has 0 radical (unpaired) electrons. The SMILES string of the molecule is CCCC(CC[CH2][Ga]([CH2]C)[CH2]C)N(C)C. The van der Waals surface area contributed by atoms with E-state index in [-0.39, 0.29) is 0 Å². The standard InChI is InChI=1S/C9H20N.2C2H5.Ga/c1-5-7-9(8-6-2)10(3)4;2*1-2;/h9H,1,5-8H2,2-4H3;2*1H2,2H3;. The molecule has 2 heteroatoms. The normalized spacial score (nSPS) is 13.2. The first-order chi connectivity index (χ1) is 7.15. The van der Waals surface area contributed by atoms with Gasteiger partial charge in [0.15, 0.2) is 0 Å². The van der Waals surface area contributed by atoms with Crippen LogP contribution in [0.5, 0.6) is 0 Å². The van der Waals surface area contributed by atoms with Gasteiger partial charge in [-0.25, -0.2) is 0 Å². The Morgan fingerprint density at radius 1 is 1.00 bits per heavy atom. The predicted molar refractivity (Wildman–Crippen MR) is 73.1 cm³/mol. The Bertz CT molecular complexity index is 132. The molecule has 90 valence electrons. The maximum absolute atomic E-state index is 2.42. The topological polar surface area (TPSA) is 3.24 Å². The molecule has 0 aromatic rings. The Labute approximate surface area is 103 Å². The van der Waals surface area contributed by atoms with Crippen molar-refractivity contribution in [2.24, 2.45) is 0 Å². The third-order valence-electron chi connectivity index (χ3n) is 3.66. The van der Waals surface area contributed by atoms with Crippen LogP contribution < -0.4 is 0 Å². The van der Waals surface area contributed by atoms with Crippen LogP contribution in [0.2, 0.25) is 14.9 Å². The second-order valence-corrected chi connectivity index (χ2v) is 13.3. The summed E-state index contributed by atoms with van der Waals surface area (Å²) in [4.78, 5) is 7.13. The van der Waals surface area contributed by atoms with E-state index in [2.05, 4.69) is 39.8 Å². The second kappa shape index (κ2) is 9.80. The first kappa shape index (κ1) is 15.6. The molecule has 0 saturated heterocycles. The molecule has 1 atom stereocenters. The fraction of sp³-hybridized carbons (Fsp3) is 1.00. The number of nitrogens with zero attached hydrogens (tertiary/aromatic N) is 1. The predicted octanol–water partition coefficient (Wildman–Crippen LogP) is 4.03. The van der Waals surface area contributed by atoms with Gasteiger partial charge in [-0.05, 0) is 0 Å². The first-order valence-corrected chi connectivity index (χ1v) is 12.0. The van der Waals surface area contributed by atoms with Crippen molar-refractivity contribution in [1.29, 1.82) is 0 Å². The zero-order valence-corrected chi connectivity index (χ0v) is 14.0. The molecule has 0 fully saturated rings. The van der Waals surface area contributed by atoms with Gasteiger partial charge in [0.1, 0.15) is 0 Å².